The number of nitrogens with one attached hydrogen (secondary N) is 1. The first-order chi connectivity index (χ1) is 10.5. The molecule has 1 heterocycles. The van der Waals surface area contributed by atoms with E-state index in [0.717, 1.165) is 6.07 Å². The molecule has 1 fully saturated rings. The van der Waals surface area contributed by atoms with E-state index in [0.29, 0.717) is 18.4 Å². The molecule has 0 spiro atoms. The standard InChI is InChI=1S/C16H17F2N3O/c1-11(21-5-4-19-10-21)6-15(22)20-16(2-3-16)12-7-13(17)9-14(18)8-12/h4-5,7-11H,2-3,6H2,1H3,(H,20,22). The van der Waals surface area contributed by atoms with Gasteiger partial charge in [-0.25, -0.2) is 13.8 Å². The zero-order valence-electron chi connectivity index (χ0n) is 12.2. The second-order valence-electron chi connectivity index (χ2n) is 5.85. The van der Waals surface area contributed by atoms with Crippen LogP contribution in [0.4, 0.5) is 8.78 Å². The fraction of sp³-hybridized carbons (Fsp3) is 0.375. The zero-order chi connectivity index (χ0) is 15.7. The number of halogens is 2. The second-order valence-corrected chi connectivity index (χ2v) is 5.85. The predicted octanol–water partition coefficient (Wildman–Crippen LogP) is 2.92. The van der Waals surface area contributed by atoms with Crippen LogP contribution in [0.25, 0.3) is 0 Å². The van der Waals surface area contributed by atoms with Gasteiger partial charge in [-0.3, -0.25) is 4.79 Å². The quantitative estimate of drug-likeness (QED) is 0.923. The molecule has 0 aliphatic heterocycles. The summed E-state index contributed by atoms with van der Waals surface area (Å²) >= 11 is 0. The van der Waals surface area contributed by atoms with E-state index in [-0.39, 0.29) is 18.4 Å². The van der Waals surface area contributed by atoms with Gasteiger partial charge in [0.25, 0.3) is 0 Å². The molecule has 1 atom stereocenters. The third kappa shape index (κ3) is 3.00. The normalized spacial score (nSPS) is 17.0. The molecule has 1 amide bonds. The predicted molar refractivity (Wildman–Crippen MR) is 77.0 cm³/mol. The summed E-state index contributed by atoms with van der Waals surface area (Å²) in [6.07, 6.45) is 6.80. The Labute approximate surface area is 127 Å². The van der Waals surface area contributed by atoms with Gasteiger partial charge in [0, 0.05) is 30.9 Å². The Morgan fingerprint density at radius 1 is 1.36 bits per heavy atom. The summed E-state index contributed by atoms with van der Waals surface area (Å²) in [6, 6.07) is 3.39. The molecule has 116 valence electrons. The van der Waals surface area contributed by atoms with Crippen molar-refractivity contribution in [3.63, 3.8) is 0 Å². The van der Waals surface area contributed by atoms with Crippen molar-refractivity contribution in [2.24, 2.45) is 0 Å². The lowest BCUT2D eigenvalue weighted by Gasteiger charge is -2.20. The first kappa shape index (κ1) is 14.7. The first-order valence-electron chi connectivity index (χ1n) is 7.23. The van der Waals surface area contributed by atoms with E-state index in [1.807, 2.05) is 11.5 Å². The van der Waals surface area contributed by atoms with Crippen LogP contribution in [-0.4, -0.2) is 15.5 Å². The van der Waals surface area contributed by atoms with E-state index in [2.05, 4.69) is 10.3 Å². The summed E-state index contributed by atoms with van der Waals surface area (Å²) in [5, 5.41) is 2.92. The summed E-state index contributed by atoms with van der Waals surface area (Å²) in [5.41, 5.74) is -0.122. The van der Waals surface area contributed by atoms with Gasteiger partial charge < -0.3 is 9.88 Å². The topological polar surface area (TPSA) is 46.9 Å². The maximum absolute atomic E-state index is 13.4. The molecule has 0 saturated heterocycles. The number of benzene rings is 1. The number of carbonyl (C=O) groups excluding carboxylic acids is 1. The fourth-order valence-corrected chi connectivity index (χ4v) is 2.66. The zero-order valence-corrected chi connectivity index (χ0v) is 12.2. The number of nitrogens with zero attached hydrogens (tertiary/aromatic N) is 2. The maximum Gasteiger partial charge on any atom is 0.222 e. The highest BCUT2D eigenvalue weighted by Crippen LogP contribution is 2.46. The summed E-state index contributed by atoms with van der Waals surface area (Å²) in [4.78, 5) is 16.2. The van der Waals surface area contributed by atoms with E-state index in [1.54, 1.807) is 18.7 Å². The van der Waals surface area contributed by atoms with Crippen LogP contribution < -0.4 is 5.32 Å². The van der Waals surface area contributed by atoms with Crippen molar-refractivity contribution in [2.75, 3.05) is 0 Å². The van der Waals surface area contributed by atoms with Gasteiger partial charge in [-0.1, -0.05) is 0 Å². The Bertz CT molecular complexity index is 660. The van der Waals surface area contributed by atoms with Crippen LogP contribution in [0.3, 0.4) is 0 Å². The Kier molecular flexibility index (Phi) is 3.68. The van der Waals surface area contributed by atoms with Gasteiger partial charge in [0.2, 0.25) is 5.91 Å². The number of amides is 1. The summed E-state index contributed by atoms with van der Waals surface area (Å²) in [7, 11) is 0. The Balaban J connectivity index is 1.68. The number of carbonyl (C=O) groups is 1. The molecule has 2 aromatic rings. The third-order valence-corrected chi connectivity index (χ3v) is 4.06. The second kappa shape index (κ2) is 5.51. The Morgan fingerprint density at radius 2 is 2.05 bits per heavy atom. The molecular formula is C16H17F2N3O. The number of imidazole rings is 1. The van der Waals surface area contributed by atoms with Crippen LogP contribution in [0.1, 0.15) is 37.8 Å². The van der Waals surface area contributed by atoms with Crippen molar-refractivity contribution < 1.29 is 13.6 Å². The van der Waals surface area contributed by atoms with E-state index in [1.165, 1.54) is 12.1 Å². The molecule has 1 unspecified atom stereocenters. The lowest BCUT2D eigenvalue weighted by Crippen LogP contribution is -2.36. The van der Waals surface area contributed by atoms with Crippen molar-refractivity contribution in [2.45, 2.75) is 37.8 Å². The van der Waals surface area contributed by atoms with Crippen molar-refractivity contribution in [3.05, 3.63) is 54.1 Å². The molecule has 22 heavy (non-hydrogen) atoms. The van der Waals surface area contributed by atoms with Crippen LogP contribution in [0.15, 0.2) is 36.9 Å². The highest BCUT2D eigenvalue weighted by Gasteiger charge is 2.46. The van der Waals surface area contributed by atoms with Gasteiger partial charge in [-0.15, -0.1) is 0 Å². The van der Waals surface area contributed by atoms with Crippen LogP contribution in [0.5, 0.6) is 0 Å². The fourth-order valence-electron chi connectivity index (χ4n) is 2.66. The van der Waals surface area contributed by atoms with Crippen LogP contribution in [0.2, 0.25) is 0 Å². The van der Waals surface area contributed by atoms with E-state index >= 15 is 0 Å². The minimum atomic E-state index is -0.623. The number of hydrogen-bond acceptors (Lipinski definition) is 2. The molecule has 1 saturated carbocycles. The maximum atomic E-state index is 13.4. The van der Waals surface area contributed by atoms with E-state index in [9.17, 15) is 13.6 Å². The van der Waals surface area contributed by atoms with E-state index < -0.39 is 17.2 Å². The highest BCUT2D eigenvalue weighted by molar-refractivity contribution is 5.78. The minimum absolute atomic E-state index is 0.0254. The average Bonchev–Trinajstić information content (AvgIpc) is 3.01. The lowest BCUT2D eigenvalue weighted by molar-refractivity contribution is -0.122. The van der Waals surface area contributed by atoms with Crippen LogP contribution >= 0.6 is 0 Å². The Morgan fingerprint density at radius 3 is 2.59 bits per heavy atom. The number of rotatable bonds is 5. The monoisotopic (exact) mass is 305 g/mol. The number of hydrogen-bond donors (Lipinski definition) is 1. The summed E-state index contributed by atoms with van der Waals surface area (Å²) in [6.45, 7) is 1.92. The molecule has 1 aromatic carbocycles. The highest BCUT2D eigenvalue weighted by atomic mass is 19.1. The average molecular weight is 305 g/mol. The molecule has 4 nitrogen and oxygen atoms in total. The largest absolute Gasteiger partial charge is 0.347 e. The minimum Gasteiger partial charge on any atom is -0.347 e. The molecule has 0 radical (unpaired) electrons. The van der Waals surface area contributed by atoms with Gasteiger partial charge in [-0.2, -0.15) is 0 Å². The van der Waals surface area contributed by atoms with Crippen LogP contribution in [0, 0.1) is 11.6 Å². The SMILES string of the molecule is CC(CC(=O)NC1(c2cc(F)cc(F)c2)CC1)n1ccnc1. The van der Waals surface area contributed by atoms with Gasteiger partial charge in [0.1, 0.15) is 11.6 Å². The molecule has 0 bridgehead atoms. The molecule has 3 rings (SSSR count). The Hall–Kier alpha value is -2.24. The molecule has 1 aromatic heterocycles. The lowest BCUT2D eigenvalue weighted by atomic mass is 10.0. The third-order valence-electron chi connectivity index (χ3n) is 4.06. The summed E-state index contributed by atoms with van der Waals surface area (Å²) in [5.74, 6) is -1.38. The molecule has 1 N–H and O–H groups in total. The van der Waals surface area contributed by atoms with Crippen molar-refractivity contribution >= 4 is 5.91 Å². The van der Waals surface area contributed by atoms with Crippen molar-refractivity contribution in [3.8, 4) is 0 Å². The van der Waals surface area contributed by atoms with Crippen molar-refractivity contribution in [1.29, 1.82) is 0 Å². The van der Waals surface area contributed by atoms with Gasteiger partial charge in [0.15, 0.2) is 0 Å². The summed E-state index contributed by atoms with van der Waals surface area (Å²) < 4.78 is 28.6. The van der Waals surface area contributed by atoms with E-state index in [4.69, 9.17) is 0 Å². The van der Waals surface area contributed by atoms with Crippen LogP contribution in [-0.2, 0) is 10.3 Å². The molecular weight excluding hydrogens is 288 g/mol. The van der Waals surface area contributed by atoms with Gasteiger partial charge in [0.05, 0.1) is 11.9 Å². The molecule has 6 heteroatoms. The number of aromatic nitrogens is 2. The first-order valence-corrected chi connectivity index (χ1v) is 7.23. The molecule has 1 aliphatic rings. The molecule has 1 aliphatic carbocycles. The van der Waals surface area contributed by atoms with Gasteiger partial charge in [-0.05, 0) is 37.5 Å². The smallest absolute Gasteiger partial charge is 0.222 e. The van der Waals surface area contributed by atoms with Crippen molar-refractivity contribution in [1.82, 2.24) is 14.9 Å². The van der Waals surface area contributed by atoms with Gasteiger partial charge >= 0.3 is 0 Å².